The van der Waals surface area contributed by atoms with Crippen molar-refractivity contribution in [3.05, 3.63) is 106 Å². The number of hydrogen-bond acceptors (Lipinski definition) is 6. The highest BCUT2D eigenvalue weighted by atomic mass is 79.9. The van der Waals surface area contributed by atoms with Gasteiger partial charge in [-0.05, 0) is 118 Å². The lowest BCUT2D eigenvalue weighted by Gasteiger charge is -2.41. The molecule has 0 radical (unpaired) electrons. The van der Waals surface area contributed by atoms with Crippen LogP contribution in [0.4, 0.5) is 17.1 Å². The molecule has 240 valence electrons. The Morgan fingerprint density at radius 3 is 2.22 bits per heavy atom. The molecule has 0 aliphatic carbocycles. The third kappa shape index (κ3) is 7.86. The van der Waals surface area contributed by atoms with Crippen LogP contribution < -0.4 is 19.7 Å². The number of ether oxygens (including phenoxy) is 1. The summed E-state index contributed by atoms with van der Waals surface area (Å²) in [4.78, 5) is 18.1. The molecule has 0 aromatic heterocycles. The van der Waals surface area contributed by atoms with E-state index >= 15 is 0 Å². The van der Waals surface area contributed by atoms with Crippen molar-refractivity contribution in [2.45, 2.75) is 43.0 Å². The molecule has 2 saturated heterocycles. The van der Waals surface area contributed by atoms with Crippen molar-refractivity contribution in [2.24, 2.45) is 0 Å². The number of rotatable bonds is 9. The fraction of sp³-hybridized carbons (Fsp3) is 0.286. The van der Waals surface area contributed by atoms with Crippen molar-refractivity contribution in [1.82, 2.24) is 4.90 Å². The molecule has 4 aromatic carbocycles. The van der Waals surface area contributed by atoms with Crippen LogP contribution in [0.25, 0.3) is 0 Å². The van der Waals surface area contributed by atoms with Crippen LogP contribution in [0.15, 0.2) is 100 Å². The molecule has 0 atom stereocenters. The van der Waals surface area contributed by atoms with E-state index < -0.39 is 10.0 Å². The van der Waals surface area contributed by atoms with E-state index in [1.54, 1.807) is 42.5 Å². The Balaban J connectivity index is 1.05. The third-order valence-corrected chi connectivity index (χ3v) is 10.7. The molecule has 0 saturated carbocycles. The minimum atomic E-state index is -3.98. The number of hydrogen-bond donors (Lipinski definition) is 2. The highest BCUT2D eigenvalue weighted by Gasteiger charge is 2.26. The topological polar surface area (TPSA) is 91.0 Å². The second kappa shape index (κ2) is 14.5. The number of carbonyl (C=O) groups excluding carboxylic acids is 1. The first-order chi connectivity index (χ1) is 22.2. The van der Waals surface area contributed by atoms with Crippen LogP contribution in [0.2, 0.25) is 5.02 Å². The van der Waals surface area contributed by atoms with Gasteiger partial charge in [-0.3, -0.25) is 9.52 Å². The van der Waals surface area contributed by atoms with Crippen molar-refractivity contribution in [2.75, 3.05) is 41.1 Å². The van der Waals surface area contributed by atoms with Crippen molar-refractivity contribution in [3.63, 3.8) is 0 Å². The first kappa shape index (κ1) is 32.4. The van der Waals surface area contributed by atoms with Gasteiger partial charge < -0.3 is 19.9 Å². The molecule has 0 bridgehead atoms. The Morgan fingerprint density at radius 2 is 1.52 bits per heavy atom. The summed E-state index contributed by atoms with van der Waals surface area (Å²) in [6.45, 7) is 4.55. The Bertz CT molecular complexity index is 1770. The first-order valence-electron chi connectivity index (χ1n) is 15.5. The summed E-state index contributed by atoms with van der Waals surface area (Å²) in [6.07, 6.45) is 6.37. The molecular weight excluding hydrogens is 688 g/mol. The average Bonchev–Trinajstić information content (AvgIpc) is 3.07. The molecule has 2 aliphatic heterocycles. The molecule has 4 aromatic rings. The maximum absolute atomic E-state index is 13.2. The van der Waals surface area contributed by atoms with Crippen molar-refractivity contribution < 1.29 is 17.9 Å². The van der Waals surface area contributed by atoms with Gasteiger partial charge >= 0.3 is 0 Å². The fourth-order valence-corrected chi connectivity index (χ4v) is 7.82. The predicted molar refractivity (Wildman–Crippen MR) is 188 cm³/mol. The summed E-state index contributed by atoms with van der Waals surface area (Å²) in [6, 6.07) is 26.3. The zero-order valence-electron chi connectivity index (χ0n) is 25.3. The number of piperidine rings is 2. The number of para-hydroxylation sites is 2. The number of carbonyl (C=O) groups is 1. The standard InChI is InChI=1S/C35H36BrClN4O4S/c36-26-10-17-33(31(37)24-26)45-34-7-3-2-6-32(34)39-46(43,44)30-15-8-25(9-16-30)35(42)38-27-11-13-28(14-12-27)41-22-18-29(19-23-41)40-20-4-1-5-21-40/h2-3,6-17,24,29,39H,1,4-5,18-23H2,(H,38,42). The highest BCUT2D eigenvalue weighted by molar-refractivity contribution is 9.10. The summed E-state index contributed by atoms with van der Waals surface area (Å²) in [5.41, 5.74) is 2.43. The lowest BCUT2D eigenvalue weighted by molar-refractivity contribution is 0.102. The zero-order valence-corrected chi connectivity index (χ0v) is 28.5. The summed E-state index contributed by atoms with van der Waals surface area (Å²) in [5, 5.41) is 3.29. The van der Waals surface area contributed by atoms with Gasteiger partial charge in [0.2, 0.25) is 0 Å². The van der Waals surface area contributed by atoms with E-state index in [1.807, 2.05) is 24.3 Å². The SMILES string of the molecule is O=C(Nc1ccc(N2CCC(N3CCCCC3)CC2)cc1)c1ccc(S(=O)(=O)Nc2ccccc2Oc2ccc(Br)cc2Cl)cc1. The van der Waals surface area contributed by atoms with Crippen LogP contribution in [0.3, 0.4) is 0 Å². The van der Waals surface area contributed by atoms with E-state index in [-0.39, 0.29) is 16.5 Å². The number of nitrogens with zero attached hydrogens (tertiary/aromatic N) is 2. The van der Waals surface area contributed by atoms with E-state index in [0.29, 0.717) is 33.8 Å². The van der Waals surface area contributed by atoms with Gasteiger partial charge in [-0.1, -0.05) is 46.1 Å². The van der Waals surface area contributed by atoms with Crippen LogP contribution in [0.1, 0.15) is 42.5 Å². The van der Waals surface area contributed by atoms with Gasteiger partial charge in [0.05, 0.1) is 15.6 Å². The molecule has 0 spiro atoms. The molecule has 1 amide bonds. The lowest BCUT2D eigenvalue weighted by Crippen LogP contribution is -2.46. The van der Waals surface area contributed by atoms with E-state index in [9.17, 15) is 13.2 Å². The molecule has 2 fully saturated rings. The van der Waals surface area contributed by atoms with Crippen LogP contribution in [-0.2, 0) is 10.0 Å². The monoisotopic (exact) mass is 722 g/mol. The fourth-order valence-electron chi connectivity index (χ4n) is 6.04. The lowest BCUT2D eigenvalue weighted by atomic mass is 9.99. The molecule has 2 N–H and O–H groups in total. The Morgan fingerprint density at radius 1 is 0.826 bits per heavy atom. The quantitative estimate of drug-likeness (QED) is 0.180. The Kier molecular flexibility index (Phi) is 10.2. The molecule has 46 heavy (non-hydrogen) atoms. The normalized spacial score (nSPS) is 16.2. The number of halogens is 2. The minimum Gasteiger partial charge on any atom is -0.454 e. The summed E-state index contributed by atoms with van der Waals surface area (Å²) >= 11 is 9.65. The highest BCUT2D eigenvalue weighted by Crippen LogP contribution is 2.36. The molecular formula is C35H36BrClN4O4S. The van der Waals surface area contributed by atoms with Crippen LogP contribution in [0.5, 0.6) is 11.5 Å². The van der Waals surface area contributed by atoms with Gasteiger partial charge in [-0.2, -0.15) is 0 Å². The molecule has 2 heterocycles. The number of benzene rings is 4. The smallest absolute Gasteiger partial charge is 0.262 e. The van der Waals surface area contributed by atoms with Crippen LogP contribution in [-0.4, -0.2) is 51.4 Å². The molecule has 8 nitrogen and oxygen atoms in total. The minimum absolute atomic E-state index is 0.00828. The van der Waals surface area contributed by atoms with Gasteiger partial charge in [0, 0.05) is 40.5 Å². The third-order valence-electron chi connectivity index (χ3n) is 8.53. The van der Waals surface area contributed by atoms with Gasteiger partial charge in [0.25, 0.3) is 15.9 Å². The summed E-state index contributed by atoms with van der Waals surface area (Å²) < 4.78 is 35.8. The summed E-state index contributed by atoms with van der Waals surface area (Å²) in [5.74, 6) is 0.353. The van der Waals surface area contributed by atoms with Crippen molar-refractivity contribution in [1.29, 1.82) is 0 Å². The second-order valence-electron chi connectivity index (χ2n) is 11.6. The van der Waals surface area contributed by atoms with Crippen molar-refractivity contribution >= 4 is 60.5 Å². The van der Waals surface area contributed by atoms with Crippen LogP contribution in [0, 0.1) is 0 Å². The number of amides is 1. The number of anilines is 3. The molecule has 11 heteroatoms. The zero-order chi connectivity index (χ0) is 32.1. The van der Waals surface area contributed by atoms with Gasteiger partial charge in [-0.15, -0.1) is 0 Å². The number of likely N-dealkylation sites (tertiary alicyclic amines) is 1. The van der Waals surface area contributed by atoms with E-state index in [2.05, 4.69) is 35.8 Å². The maximum Gasteiger partial charge on any atom is 0.262 e. The molecule has 6 rings (SSSR count). The second-order valence-corrected chi connectivity index (χ2v) is 14.6. The summed E-state index contributed by atoms with van der Waals surface area (Å²) in [7, 11) is -3.98. The van der Waals surface area contributed by atoms with Gasteiger partial charge in [0.15, 0.2) is 5.75 Å². The Hall–Kier alpha value is -3.57. The first-order valence-corrected chi connectivity index (χ1v) is 18.2. The average molecular weight is 724 g/mol. The molecule has 0 unspecified atom stereocenters. The van der Waals surface area contributed by atoms with E-state index in [1.165, 1.54) is 69.5 Å². The maximum atomic E-state index is 13.2. The van der Waals surface area contributed by atoms with E-state index in [0.717, 1.165) is 23.2 Å². The number of nitrogens with one attached hydrogen (secondary N) is 2. The van der Waals surface area contributed by atoms with Gasteiger partial charge in [0.1, 0.15) is 5.75 Å². The predicted octanol–water partition coefficient (Wildman–Crippen LogP) is 8.40. The van der Waals surface area contributed by atoms with Crippen molar-refractivity contribution in [3.8, 4) is 11.5 Å². The van der Waals surface area contributed by atoms with E-state index in [4.69, 9.17) is 16.3 Å². The van der Waals surface area contributed by atoms with Crippen LogP contribution >= 0.6 is 27.5 Å². The largest absolute Gasteiger partial charge is 0.454 e. The van der Waals surface area contributed by atoms with Gasteiger partial charge in [-0.25, -0.2) is 8.42 Å². The molecule has 2 aliphatic rings. The Labute approximate surface area is 283 Å². The number of sulfonamides is 1.